The van der Waals surface area contributed by atoms with Gasteiger partial charge in [-0.1, -0.05) is 6.07 Å². The van der Waals surface area contributed by atoms with E-state index in [-0.39, 0.29) is 5.91 Å². The van der Waals surface area contributed by atoms with Gasteiger partial charge in [-0.3, -0.25) is 4.79 Å². The van der Waals surface area contributed by atoms with Crippen LogP contribution in [0.2, 0.25) is 0 Å². The number of hydrogen-bond donors (Lipinski definition) is 2. The van der Waals surface area contributed by atoms with E-state index in [2.05, 4.69) is 28.1 Å². The van der Waals surface area contributed by atoms with E-state index >= 15 is 0 Å². The molecule has 1 heterocycles. The standard InChI is InChI=1S/C17H20N2OS/c1-11-6-7-13(10-16(11)18-12(2)20)19-15-4-3-5-17-14(15)8-9-21-17/h6-10,15,19H,3-5H2,1-2H3,(H,18,20). The van der Waals surface area contributed by atoms with Gasteiger partial charge in [0.05, 0.1) is 6.04 Å². The maximum absolute atomic E-state index is 11.3. The van der Waals surface area contributed by atoms with E-state index in [1.54, 1.807) is 0 Å². The first-order valence-electron chi connectivity index (χ1n) is 7.34. The maximum Gasteiger partial charge on any atom is 0.221 e. The SMILES string of the molecule is CC(=O)Nc1cc(NC2CCCc3sccc32)ccc1C. The average molecular weight is 300 g/mol. The molecule has 1 amide bonds. The van der Waals surface area contributed by atoms with Crippen molar-refractivity contribution in [2.24, 2.45) is 0 Å². The highest BCUT2D eigenvalue weighted by Crippen LogP contribution is 2.36. The van der Waals surface area contributed by atoms with Gasteiger partial charge in [0.15, 0.2) is 0 Å². The van der Waals surface area contributed by atoms with E-state index in [4.69, 9.17) is 0 Å². The summed E-state index contributed by atoms with van der Waals surface area (Å²) in [7, 11) is 0. The molecule has 0 spiro atoms. The van der Waals surface area contributed by atoms with Crippen LogP contribution in [0.3, 0.4) is 0 Å². The monoisotopic (exact) mass is 300 g/mol. The number of carbonyl (C=O) groups excluding carboxylic acids is 1. The van der Waals surface area contributed by atoms with E-state index in [0.717, 1.165) is 23.4 Å². The lowest BCUT2D eigenvalue weighted by Crippen LogP contribution is -2.16. The summed E-state index contributed by atoms with van der Waals surface area (Å²) in [4.78, 5) is 12.8. The van der Waals surface area contributed by atoms with Gasteiger partial charge in [-0.05, 0) is 60.9 Å². The second-order valence-electron chi connectivity index (χ2n) is 5.60. The van der Waals surface area contributed by atoms with Crippen LogP contribution in [0.1, 0.15) is 41.8 Å². The fourth-order valence-corrected chi connectivity index (χ4v) is 3.86. The molecule has 1 aromatic carbocycles. The molecule has 3 rings (SSSR count). The summed E-state index contributed by atoms with van der Waals surface area (Å²) in [5, 5.41) is 8.69. The Balaban J connectivity index is 1.81. The van der Waals surface area contributed by atoms with Gasteiger partial charge in [-0.25, -0.2) is 0 Å². The first-order chi connectivity index (χ1) is 10.1. The van der Waals surface area contributed by atoms with Crippen LogP contribution in [0.5, 0.6) is 0 Å². The number of carbonyl (C=O) groups is 1. The molecular weight excluding hydrogens is 280 g/mol. The van der Waals surface area contributed by atoms with Crippen LogP contribution in [0.25, 0.3) is 0 Å². The normalized spacial score (nSPS) is 17.1. The van der Waals surface area contributed by atoms with Gasteiger partial charge in [0, 0.05) is 23.2 Å². The first kappa shape index (κ1) is 14.1. The number of amides is 1. The molecule has 3 nitrogen and oxygen atoms in total. The second-order valence-corrected chi connectivity index (χ2v) is 6.60. The molecule has 110 valence electrons. The van der Waals surface area contributed by atoms with Crippen molar-refractivity contribution >= 4 is 28.6 Å². The van der Waals surface area contributed by atoms with Crippen LogP contribution < -0.4 is 10.6 Å². The van der Waals surface area contributed by atoms with Crippen molar-refractivity contribution in [1.29, 1.82) is 0 Å². The molecule has 1 aliphatic carbocycles. The third-order valence-electron chi connectivity index (χ3n) is 3.94. The Hall–Kier alpha value is -1.81. The summed E-state index contributed by atoms with van der Waals surface area (Å²) < 4.78 is 0. The Morgan fingerprint density at radius 1 is 1.33 bits per heavy atom. The first-order valence-corrected chi connectivity index (χ1v) is 8.22. The summed E-state index contributed by atoms with van der Waals surface area (Å²) in [5.74, 6) is -0.0342. The van der Waals surface area contributed by atoms with Gasteiger partial charge in [0.25, 0.3) is 0 Å². The lowest BCUT2D eigenvalue weighted by Gasteiger charge is -2.25. The van der Waals surface area contributed by atoms with Gasteiger partial charge in [0.2, 0.25) is 5.91 Å². The topological polar surface area (TPSA) is 41.1 Å². The summed E-state index contributed by atoms with van der Waals surface area (Å²) in [5.41, 5.74) is 4.46. The molecule has 1 unspecified atom stereocenters. The largest absolute Gasteiger partial charge is 0.378 e. The molecule has 1 atom stereocenters. The number of anilines is 2. The van der Waals surface area contributed by atoms with Gasteiger partial charge in [-0.2, -0.15) is 0 Å². The highest BCUT2D eigenvalue weighted by Gasteiger charge is 2.21. The fraction of sp³-hybridized carbons (Fsp3) is 0.353. The Labute approximate surface area is 129 Å². The predicted molar refractivity (Wildman–Crippen MR) is 89.1 cm³/mol. The van der Waals surface area contributed by atoms with E-state index in [1.807, 2.05) is 30.4 Å². The van der Waals surface area contributed by atoms with Crippen molar-refractivity contribution < 1.29 is 4.79 Å². The average Bonchev–Trinajstić information content (AvgIpc) is 2.91. The molecule has 0 aliphatic heterocycles. The molecule has 2 N–H and O–H groups in total. The van der Waals surface area contributed by atoms with Gasteiger partial charge < -0.3 is 10.6 Å². The van der Waals surface area contributed by atoms with Gasteiger partial charge in [-0.15, -0.1) is 11.3 Å². The molecular formula is C17H20N2OS. The van der Waals surface area contributed by atoms with Crippen LogP contribution in [-0.2, 0) is 11.2 Å². The lowest BCUT2D eigenvalue weighted by molar-refractivity contribution is -0.114. The minimum Gasteiger partial charge on any atom is -0.378 e. The summed E-state index contributed by atoms with van der Waals surface area (Å²) in [6.07, 6.45) is 3.60. The van der Waals surface area contributed by atoms with Gasteiger partial charge in [0.1, 0.15) is 0 Å². The molecule has 0 fully saturated rings. The zero-order valence-corrected chi connectivity index (χ0v) is 13.2. The molecule has 4 heteroatoms. The summed E-state index contributed by atoms with van der Waals surface area (Å²) >= 11 is 1.86. The van der Waals surface area contributed by atoms with Gasteiger partial charge >= 0.3 is 0 Å². The number of rotatable bonds is 3. The molecule has 0 saturated carbocycles. The molecule has 1 aromatic heterocycles. The number of benzene rings is 1. The molecule has 0 bridgehead atoms. The smallest absolute Gasteiger partial charge is 0.221 e. The van der Waals surface area contributed by atoms with E-state index in [1.165, 1.54) is 30.2 Å². The number of hydrogen-bond acceptors (Lipinski definition) is 3. The number of nitrogens with one attached hydrogen (secondary N) is 2. The third kappa shape index (κ3) is 3.10. The zero-order chi connectivity index (χ0) is 14.8. The minimum absolute atomic E-state index is 0.0342. The van der Waals surface area contributed by atoms with Crippen LogP contribution in [0, 0.1) is 6.92 Å². The molecule has 0 radical (unpaired) electrons. The molecule has 1 aliphatic rings. The van der Waals surface area contributed by atoms with Crippen molar-refractivity contribution in [2.45, 2.75) is 39.2 Å². The van der Waals surface area contributed by atoms with E-state index < -0.39 is 0 Å². The van der Waals surface area contributed by atoms with E-state index in [0.29, 0.717) is 6.04 Å². The van der Waals surface area contributed by atoms with Crippen molar-refractivity contribution in [2.75, 3.05) is 10.6 Å². The second kappa shape index (κ2) is 5.90. The fourth-order valence-electron chi connectivity index (χ4n) is 2.87. The maximum atomic E-state index is 11.3. The lowest BCUT2D eigenvalue weighted by atomic mass is 9.94. The van der Waals surface area contributed by atoms with Crippen LogP contribution >= 0.6 is 11.3 Å². The molecule has 0 saturated heterocycles. The minimum atomic E-state index is -0.0342. The highest BCUT2D eigenvalue weighted by molar-refractivity contribution is 7.10. The van der Waals surface area contributed by atoms with Crippen LogP contribution in [0.15, 0.2) is 29.6 Å². The molecule has 2 aromatic rings. The Morgan fingerprint density at radius 3 is 3.00 bits per heavy atom. The molecule has 21 heavy (non-hydrogen) atoms. The Bertz CT molecular complexity index is 663. The van der Waals surface area contributed by atoms with E-state index in [9.17, 15) is 4.79 Å². The number of thiophene rings is 1. The summed E-state index contributed by atoms with van der Waals surface area (Å²) in [6.45, 7) is 3.55. The Morgan fingerprint density at radius 2 is 2.19 bits per heavy atom. The zero-order valence-electron chi connectivity index (χ0n) is 12.4. The van der Waals surface area contributed by atoms with Crippen molar-refractivity contribution in [3.05, 3.63) is 45.6 Å². The number of fused-ring (bicyclic) bond motifs is 1. The van der Waals surface area contributed by atoms with Crippen molar-refractivity contribution in [3.8, 4) is 0 Å². The van der Waals surface area contributed by atoms with Crippen LogP contribution in [0.4, 0.5) is 11.4 Å². The third-order valence-corrected chi connectivity index (χ3v) is 4.94. The quantitative estimate of drug-likeness (QED) is 0.876. The number of aryl methyl sites for hydroxylation is 2. The van der Waals surface area contributed by atoms with Crippen molar-refractivity contribution in [3.63, 3.8) is 0 Å². The Kier molecular flexibility index (Phi) is 3.97. The predicted octanol–water partition coefficient (Wildman–Crippen LogP) is 4.50. The summed E-state index contributed by atoms with van der Waals surface area (Å²) in [6, 6.07) is 8.77. The van der Waals surface area contributed by atoms with Crippen LogP contribution in [-0.4, -0.2) is 5.91 Å². The highest BCUT2D eigenvalue weighted by atomic mass is 32.1. The van der Waals surface area contributed by atoms with Crippen molar-refractivity contribution in [1.82, 2.24) is 0 Å².